The molecule has 0 heterocycles. The van der Waals surface area contributed by atoms with Gasteiger partial charge >= 0.3 is 0 Å². The van der Waals surface area contributed by atoms with E-state index in [1.165, 1.54) is 7.11 Å². The first kappa shape index (κ1) is 12.9. The zero-order valence-corrected chi connectivity index (χ0v) is 9.68. The summed E-state index contributed by atoms with van der Waals surface area (Å²) in [6.45, 7) is 2.89. The van der Waals surface area contributed by atoms with E-state index in [-0.39, 0.29) is 11.3 Å². The predicted molar refractivity (Wildman–Crippen MR) is 58.1 cm³/mol. The molecule has 0 saturated heterocycles. The summed E-state index contributed by atoms with van der Waals surface area (Å²) in [6, 6.07) is 3.26. The van der Waals surface area contributed by atoms with E-state index in [0.717, 1.165) is 5.56 Å². The van der Waals surface area contributed by atoms with E-state index in [1.807, 2.05) is 6.92 Å². The number of aryl methyl sites for hydroxylation is 2. The van der Waals surface area contributed by atoms with Crippen molar-refractivity contribution >= 4 is 0 Å². The lowest BCUT2D eigenvalue weighted by Crippen LogP contribution is -2.18. The zero-order chi connectivity index (χ0) is 12.3. The van der Waals surface area contributed by atoms with Crippen LogP contribution in [-0.4, -0.2) is 18.8 Å². The van der Waals surface area contributed by atoms with Crippen molar-refractivity contribution < 1.29 is 18.6 Å². The molecule has 1 rings (SSSR count). The minimum atomic E-state index is -3.06. The molecular weight excluding hydrogens is 214 g/mol. The molecule has 0 unspecified atom stereocenters. The van der Waals surface area contributed by atoms with Crippen LogP contribution in [0.3, 0.4) is 0 Å². The smallest absolute Gasteiger partial charge is 0.279 e. The number of hydrogen-bond donors (Lipinski definition) is 1. The van der Waals surface area contributed by atoms with Gasteiger partial charge in [0.2, 0.25) is 0 Å². The molecular formula is C12H16F2O2. The van der Waals surface area contributed by atoms with Gasteiger partial charge in [-0.05, 0) is 31.0 Å². The highest BCUT2D eigenvalue weighted by Crippen LogP contribution is 2.40. The van der Waals surface area contributed by atoms with Crippen LogP contribution in [0.15, 0.2) is 12.1 Å². The second kappa shape index (κ2) is 4.78. The van der Waals surface area contributed by atoms with E-state index in [9.17, 15) is 8.78 Å². The Morgan fingerprint density at radius 3 is 2.44 bits per heavy atom. The summed E-state index contributed by atoms with van der Waals surface area (Å²) < 4.78 is 32.5. The monoisotopic (exact) mass is 230 g/mol. The van der Waals surface area contributed by atoms with Gasteiger partial charge in [0, 0.05) is 13.0 Å². The first-order valence-electron chi connectivity index (χ1n) is 5.06. The summed E-state index contributed by atoms with van der Waals surface area (Å²) in [5.74, 6) is -2.88. The second-order valence-electron chi connectivity index (χ2n) is 3.84. The molecule has 90 valence electrons. The summed E-state index contributed by atoms with van der Waals surface area (Å²) in [7, 11) is 1.37. The molecule has 1 aromatic carbocycles. The maximum absolute atomic E-state index is 13.8. The van der Waals surface area contributed by atoms with Crippen LogP contribution < -0.4 is 4.74 Å². The summed E-state index contributed by atoms with van der Waals surface area (Å²) in [5, 5.41) is 8.65. The van der Waals surface area contributed by atoms with Crippen molar-refractivity contribution in [2.45, 2.75) is 26.2 Å². The first-order chi connectivity index (χ1) is 7.42. The zero-order valence-electron chi connectivity index (χ0n) is 9.68. The lowest BCUT2D eigenvalue weighted by Gasteiger charge is -2.21. The van der Waals surface area contributed by atoms with Gasteiger partial charge in [-0.2, -0.15) is 0 Å². The average Bonchev–Trinajstić information content (AvgIpc) is 2.15. The highest BCUT2D eigenvalue weighted by atomic mass is 19.3. The van der Waals surface area contributed by atoms with E-state index >= 15 is 0 Å². The third-order valence-corrected chi connectivity index (χ3v) is 2.46. The van der Waals surface area contributed by atoms with Gasteiger partial charge in [-0.1, -0.05) is 6.07 Å². The lowest BCUT2D eigenvalue weighted by atomic mass is 9.97. The second-order valence-corrected chi connectivity index (χ2v) is 3.84. The summed E-state index contributed by atoms with van der Waals surface area (Å²) >= 11 is 0. The fraction of sp³-hybridized carbons (Fsp3) is 0.500. The Morgan fingerprint density at radius 2 is 1.94 bits per heavy atom. The van der Waals surface area contributed by atoms with E-state index in [2.05, 4.69) is 0 Å². The standard InChI is InChI=1S/C12H16F2O2/c1-8-6-9(2)11(10(7-8)16-3)12(13,14)4-5-15/h6-7,15H,4-5H2,1-3H3. The topological polar surface area (TPSA) is 29.5 Å². The highest BCUT2D eigenvalue weighted by molar-refractivity contribution is 5.45. The average molecular weight is 230 g/mol. The van der Waals surface area contributed by atoms with Crippen LogP contribution in [0.1, 0.15) is 23.1 Å². The van der Waals surface area contributed by atoms with Crippen LogP contribution >= 0.6 is 0 Å². The fourth-order valence-electron chi connectivity index (χ4n) is 1.82. The van der Waals surface area contributed by atoms with Crippen molar-refractivity contribution in [3.05, 3.63) is 28.8 Å². The molecule has 0 amide bonds. The molecule has 0 spiro atoms. The van der Waals surface area contributed by atoms with E-state index in [1.54, 1.807) is 19.1 Å². The van der Waals surface area contributed by atoms with Gasteiger partial charge in [-0.25, -0.2) is 8.78 Å². The number of ether oxygens (including phenoxy) is 1. The van der Waals surface area contributed by atoms with Gasteiger partial charge in [0.1, 0.15) is 5.75 Å². The van der Waals surface area contributed by atoms with Crippen molar-refractivity contribution in [3.8, 4) is 5.75 Å². The number of rotatable bonds is 4. The normalized spacial score (nSPS) is 11.6. The molecule has 2 nitrogen and oxygen atoms in total. The van der Waals surface area contributed by atoms with Crippen molar-refractivity contribution in [2.24, 2.45) is 0 Å². The Labute approximate surface area is 93.9 Å². The van der Waals surface area contributed by atoms with E-state index < -0.39 is 19.0 Å². The summed E-state index contributed by atoms with van der Waals surface area (Å²) in [5.41, 5.74) is 1.22. The number of aliphatic hydroxyl groups excluding tert-OH is 1. The molecule has 0 aromatic heterocycles. The summed E-state index contributed by atoms with van der Waals surface area (Å²) in [4.78, 5) is 0. The Morgan fingerprint density at radius 1 is 1.31 bits per heavy atom. The van der Waals surface area contributed by atoms with Gasteiger partial charge in [-0.3, -0.25) is 0 Å². The number of aliphatic hydroxyl groups is 1. The van der Waals surface area contributed by atoms with Gasteiger partial charge in [0.25, 0.3) is 5.92 Å². The molecule has 0 aliphatic rings. The number of benzene rings is 1. The van der Waals surface area contributed by atoms with Crippen LogP contribution in [0.2, 0.25) is 0 Å². The SMILES string of the molecule is COc1cc(C)cc(C)c1C(F)(F)CCO. The number of halogens is 2. The quantitative estimate of drug-likeness (QED) is 0.861. The molecule has 0 saturated carbocycles. The maximum atomic E-state index is 13.8. The van der Waals surface area contributed by atoms with E-state index in [0.29, 0.717) is 5.56 Å². The molecule has 1 aromatic rings. The molecule has 1 N–H and O–H groups in total. The van der Waals surface area contributed by atoms with Gasteiger partial charge in [0.05, 0.1) is 12.7 Å². The molecule has 0 bridgehead atoms. The molecule has 16 heavy (non-hydrogen) atoms. The molecule has 4 heteroatoms. The molecule has 0 fully saturated rings. The number of hydrogen-bond acceptors (Lipinski definition) is 2. The summed E-state index contributed by atoms with van der Waals surface area (Å²) in [6.07, 6.45) is -0.590. The van der Waals surface area contributed by atoms with Crippen molar-refractivity contribution in [1.29, 1.82) is 0 Å². The minimum absolute atomic E-state index is 0.130. The highest BCUT2D eigenvalue weighted by Gasteiger charge is 2.35. The molecule has 0 aliphatic carbocycles. The number of methoxy groups -OCH3 is 1. The Kier molecular flexibility index (Phi) is 3.86. The van der Waals surface area contributed by atoms with Crippen LogP contribution in [0, 0.1) is 13.8 Å². The third kappa shape index (κ3) is 2.50. The third-order valence-electron chi connectivity index (χ3n) is 2.46. The molecule has 0 radical (unpaired) electrons. The fourth-order valence-corrected chi connectivity index (χ4v) is 1.82. The van der Waals surface area contributed by atoms with Crippen molar-refractivity contribution in [3.63, 3.8) is 0 Å². The molecule has 0 atom stereocenters. The van der Waals surface area contributed by atoms with Crippen molar-refractivity contribution in [2.75, 3.05) is 13.7 Å². The van der Waals surface area contributed by atoms with Gasteiger partial charge < -0.3 is 9.84 Å². The largest absolute Gasteiger partial charge is 0.496 e. The molecule has 0 aliphatic heterocycles. The van der Waals surface area contributed by atoms with Crippen LogP contribution in [0.25, 0.3) is 0 Å². The van der Waals surface area contributed by atoms with Crippen LogP contribution in [0.5, 0.6) is 5.75 Å². The van der Waals surface area contributed by atoms with Crippen molar-refractivity contribution in [1.82, 2.24) is 0 Å². The van der Waals surface area contributed by atoms with Gasteiger partial charge in [-0.15, -0.1) is 0 Å². The Balaban J connectivity index is 3.31. The van der Waals surface area contributed by atoms with Crippen LogP contribution in [0.4, 0.5) is 8.78 Å². The lowest BCUT2D eigenvalue weighted by molar-refractivity contribution is -0.0293. The number of alkyl halides is 2. The van der Waals surface area contributed by atoms with E-state index in [4.69, 9.17) is 9.84 Å². The van der Waals surface area contributed by atoms with Gasteiger partial charge in [0.15, 0.2) is 0 Å². The first-order valence-corrected chi connectivity index (χ1v) is 5.06. The maximum Gasteiger partial charge on any atom is 0.279 e. The Hall–Kier alpha value is -1.16. The Bertz CT molecular complexity index is 376. The van der Waals surface area contributed by atoms with Crippen LogP contribution in [-0.2, 0) is 5.92 Å². The minimum Gasteiger partial charge on any atom is -0.496 e. The predicted octanol–water partition coefficient (Wildman–Crippen LogP) is 2.79.